The van der Waals surface area contributed by atoms with Gasteiger partial charge in [0.15, 0.2) is 5.82 Å². The minimum absolute atomic E-state index is 0.0764. The van der Waals surface area contributed by atoms with Gasteiger partial charge in [-0.3, -0.25) is 4.79 Å². The number of para-hydroxylation sites is 2. The summed E-state index contributed by atoms with van der Waals surface area (Å²) < 4.78 is 6.82. The van der Waals surface area contributed by atoms with Crippen molar-refractivity contribution in [2.75, 3.05) is 5.32 Å². The maximum absolute atomic E-state index is 12.5. The van der Waals surface area contributed by atoms with Crippen LogP contribution in [0.15, 0.2) is 59.1 Å². The minimum atomic E-state index is -0.227. The van der Waals surface area contributed by atoms with Crippen molar-refractivity contribution in [1.82, 2.24) is 14.7 Å². The number of hydrogen-bond donors (Lipinski definition) is 1. The van der Waals surface area contributed by atoms with Crippen LogP contribution in [0.1, 0.15) is 5.76 Å². The average Bonchev–Trinajstić information content (AvgIpc) is 3.19. The number of aromatic nitrogens is 3. The van der Waals surface area contributed by atoms with Gasteiger partial charge in [-0.05, 0) is 31.2 Å². The topological polar surface area (TPSA) is 73.0 Å². The lowest BCUT2D eigenvalue weighted by molar-refractivity contribution is -0.116. The van der Waals surface area contributed by atoms with Gasteiger partial charge in [0.05, 0.1) is 16.1 Å². The molecular formula is C19H15ClN4O2. The Balaban J connectivity index is 1.74. The number of rotatable bonds is 4. The summed E-state index contributed by atoms with van der Waals surface area (Å²) in [5, 5.41) is 7.10. The number of imidazole rings is 1. The standard InChI is InChI=1S/C19H15ClN4O2/c1-12-10-17(23-26-12)22-18(25)11-24-16-9-5-4-8-15(16)21-19(24)13-6-2-3-7-14(13)20/h2-10H,11H2,1H3,(H,22,23,25). The van der Waals surface area contributed by atoms with Gasteiger partial charge in [0.2, 0.25) is 5.91 Å². The second-order valence-corrected chi connectivity index (χ2v) is 6.27. The highest BCUT2D eigenvalue weighted by Gasteiger charge is 2.17. The van der Waals surface area contributed by atoms with Crippen LogP contribution in [0.25, 0.3) is 22.4 Å². The smallest absolute Gasteiger partial charge is 0.245 e. The van der Waals surface area contributed by atoms with Crippen LogP contribution in [-0.4, -0.2) is 20.6 Å². The number of anilines is 1. The van der Waals surface area contributed by atoms with Gasteiger partial charge in [-0.15, -0.1) is 0 Å². The lowest BCUT2D eigenvalue weighted by atomic mass is 10.2. The molecule has 7 heteroatoms. The predicted molar refractivity (Wildman–Crippen MR) is 100 cm³/mol. The molecule has 130 valence electrons. The molecule has 2 aromatic heterocycles. The Morgan fingerprint density at radius 2 is 1.96 bits per heavy atom. The molecule has 0 spiro atoms. The summed E-state index contributed by atoms with van der Waals surface area (Å²) in [4.78, 5) is 17.2. The van der Waals surface area contributed by atoms with E-state index in [1.54, 1.807) is 19.1 Å². The number of hydrogen-bond acceptors (Lipinski definition) is 4. The molecular weight excluding hydrogens is 352 g/mol. The summed E-state index contributed by atoms with van der Waals surface area (Å²) in [6, 6.07) is 16.8. The van der Waals surface area contributed by atoms with Crippen LogP contribution < -0.4 is 5.32 Å². The van der Waals surface area contributed by atoms with Gasteiger partial charge in [0, 0.05) is 11.6 Å². The van der Waals surface area contributed by atoms with E-state index in [0.29, 0.717) is 22.4 Å². The van der Waals surface area contributed by atoms with E-state index in [9.17, 15) is 4.79 Å². The summed E-state index contributed by atoms with van der Waals surface area (Å²) in [7, 11) is 0. The van der Waals surface area contributed by atoms with Gasteiger partial charge in [0.1, 0.15) is 18.1 Å². The SMILES string of the molecule is Cc1cc(NC(=O)Cn2c(-c3ccccc3Cl)nc3ccccc32)no1. The van der Waals surface area contributed by atoms with Crippen molar-refractivity contribution in [3.63, 3.8) is 0 Å². The zero-order chi connectivity index (χ0) is 18.1. The fourth-order valence-electron chi connectivity index (χ4n) is 2.84. The number of nitrogens with one attached hydrogen (secondary N) is 1. The first-order chi connectivity index (χ1) is 12.6. The number of benzene rings is 2. The Bertz CT molecular complexity index is 1100. The molecule has 1 amide bonds. The molecule has 4 aromatic rings. The van der Waals surface area contributed by atoms with Crippen molar-refractivity contribution in [2.45, 2.75) is 13.5 Å². The van der Waals surface area contributed by atoms with E-state index in [1.165, 1.54) is 0 Å². The van der Waals surface area contributed by atoms with Crippen molar-refractivity contribution in [3.8, 4) is 11.4 Å². The van der Waals surface area contributed by atoms with E-state index in [4.69, 9.17) is 16.1 Å². The molecule has 26 heavy (non-hydrogen) atoms. The average molecular weight is 367 g/mol. The number of carbonyl (C=O) groups excluding carboxylic acids is 1. The highest BCUT2D eigenvalue weighted by atomic mass is 35.5. The third-order valence-electron chi connectivity index (χ3n) is 3.97. The Morgan fingerprint density at radius 1 is 1.19 bits per heavy atom. The van der Waals surface area contributed by atoms with Gasteiger partial charge < -0.3 is 14.4 Å². The summed E-state index contributed by atoms with van der Waals surface area (Å²) in [5.74, 6) is 1.43. The molecule has 4 rings (SSSR count). The molecule has 0 saturated carbocycles. The molecule has 0 radical (unpaired) electrons. The molecule has 0 unspecified atom stereocenters. The van der Waals surface area contributed by atoms with E-state index >= 15 is 0 Å². The van der Waals surface area contributed by atoms with Crippen molar-refractivity contribution in [1.29, 1.82) is 0 Å². The third kappa shape index (κ3) is 3.07. The van der Waals surface area contributed by atoms with E-state index in [-0.39, 0.29) is 12.5 Å². The first-order valence-corrected chi connectivity index (χ1v) is 8.43. The fourth-order valence-corrected chi connectivity index (χ4v) is 3.06. The van der Waals surface area contributed by atoms with Crippen LogP contribution >= 0.6 is 11.6 Å². The number of halogens is 1. The van der Waals surface area contributed by atoms with Crippen molar-refractivity contribution >= 4 is 34.4 Å². The molecule has 0 atom stereocenters. The molecule has 0 aliphatic heterocycles. The quantitative estimate of drug-likeness (QED) is 0.584. The first-order valence-electron chi connectivity index (χ1n) is 8.05. The van der Waals surface area contributed by atoms with Crippen molar-refractivity contribution in [2.24, 2.45) is 0 Å². The predicted octanol–water partition coefficient (Wildman–Crippen LogP) is 4.29. The zero-order valence-electron chi connectivity index (χ0n) is 13.9. The summed E-state index contributed by atoms with van der Waals surface area (Å²) >= 11 is 6.35. The number of aryl methyl sites for hydroxylation is 1. The van der Waals surface area contributed by atoms with Gasteiger partial charge >= 0.3 is 0 Å². The second kappa shape index (κ2) is 6.65. The second-order valence-electron chi connectivity index (χ2n) is 5.86. The lowest BCUT2D eigenvalue weighted by Crippen LogP contribution is -2.19. The Morgan fingerprint density at radius 3 is 2.73 bits per heavy atom. The minimum Gasteiger partial charge on any atom is -0.360 e. The Hall–Kier alpha value is -3.12. The summed E-state index contributed by atoms with van der Waals surface area (Å²) in [6.45, 7) is 1.84. The van der Waals surface area contributed by atoms with E-state index in [0.717, 1.165) is 16.6 Å². The normalized spacial score (nSPS) is 11.0. The van der Waals surface area contributed by atoms with Gasteiger partial charge in [-0.2, -0.15) is 0 Å². The van der Waals surface area contributed by atoms with Crippen LogP contribution in [-0.2, 0) is 11.3 Å². The van der Waals surface area contributed by atoms with Crippen LogP contribution in [0.4, 0.5) is 5.82 Å². The van der Waals surface area contributed by atoms with Gasteiger partial charge in [-0.1, -0.05) is 41.0 Å². The summed E-state index contributed by atoms with van der Waals surface area (Å²) in [6.07, 6.45) is 0. The molecule has 2 aromatic carbocycles. The van der Waals surface area contributed by atoms with E-state index in [1.807, 2.05) is 47.0 Å². The number of carbonyl (C=O) groups is 1. The van der Waals surface area contributed by atoms with Gasteiger partial charge in [-0.25, -0.2) is 4.98 Å². The Kier molecular flexibility index (Phi) is 4.18. The van der Waals surface area contributed by atoms with Crippen LogP contribution in [0, 0.1) is 6.92 Å². The fraction of sp³-hybridized carbons (Fsp3) is 0.105. The zero-order valence-corrected chi connectivity index (χ0v) is 14.7. The largest absolute Gasteiger partial charge is 0.360 e. The monoisotopic (exact) mass is 366 g/mol. The van der Waals surface area contributed by atoms with Gasteiger partial charge in [0.25, 0.3) is 0 Å². The molecule has 0 bridgehead atoms. The maximum atomic E-state index is 12.5. The van der Waals surface area contributed by atoms with Crippen LogP contribution in [0.5, 0.6) is 0 Å². The lowest BCUT2D eigenvalue weighted by Gasteiger charge is -2.10. The molecule has 0 aliphatic rings. The van der Waals surface area contributed by atoms with Crippen molar-refractivity contribution < 1.29 is 9.32 Å². The molecule has 0 aliphatic carbocycles. The molecule has 2 heterocycles. The van der Waals surface area contributed by atoms with Crippen LogP contribution in [0.3, 0.4) is 0 Å². The molecule has 1 N–H and O–H groups in total. The number of nitrogens with zero attached hydrogens (tertiary/aromatic N) is 3. The Labute approximate surface area is 154 Å². The van der Waals surface area contributed by atoms with E-state index < -0.39 is 0 Å². The van der Waals surface area contributed by atoms with E-state index in [2.05, 4.69) is 15.5 Å². The molecule has 0 saturated heterocycles. The third-order valence-corrected chi connectivity index (χ3v) is 4.30. The highest BCUT2D eigenvalue weighted by Crippen LogP contribution is 2.30. The number of amides is 1. The summed E-state index contributed by atoms with van der Waals surface area (Å²) in [5.41, 5.74) is 2.43. The molecule has 0 fully saturated rings. The first kappa shape index (κ1) is 16.4. The van der Waals surface area contributed by atoms with Crippen LogP contribution in [0.2, 0.25) is 5.02 Å². The highest BCUT2D eigenvalue weighted by molar-refractivity contribution is 6.33. The van der Waals surface area contributed by atoms with Crippen molar-refractivity contribution in [3.05, 3.63) is 65.4 Å². The molecule has 6 nitrogen and oxygen atoms in total. The maximum Gasteiger partial charge on any atom is 0.245 e. The number of fused-ring (bicyclic) bond motifs is 1.